The fourth-order valence-corrected chi connectivity index (χ4v) is 5.29. The molecule has 90 valence electrons. The number of rotatable bonds is 2. The summed E-state index contributed by atoms with van der Waals surface area (Å²) in [5.41, 5.74) is 0. The summed E-state index contributed by atoms with van der Waals surface area (Å²) in [7, 11) is 2.28. The summed E-state index contributed by atoms with van der Waals surface area (Å²) in [6, 6.07) is 4.47. The van der Waals surface area contributed by atoms with E-state index < -0.39 is 0 Å². The average Bonchev–Trinajstić information content (AvgIpc) is 2.91. The van der Waals surface area contributed by atoms with Crippen LogP contribution in [0.25, 0.3) is 12.2 Å². The van der Waals surface area contributed by atoms with Crippen molar-refractivity contribution in [2.45, 2.75) is 30.6 Å². The highest BCUT2D eigenvalue weighted by Crippen LogP contribution is 2.21. The highest BCUT2D eigenvalue weighted by atomic mass is 32.2. The van der Waals surface area contributed by atoms with Crippen molar-refractivity contribution in [1.29, 1.82) is 0 Å². The summed E-state index contributed by atoms with van der Waals surface area (Å²) >= 11 is 0. The van der Waals surface area contributed by atoms with E-state index in [-0.39, 0.29) is 0 Å². The summed E-state index contributed by atoms with van der Waals surface area (Å²) in [4.78, 5) is 1.59. The number of hydrogen-bond acceptors (Lipinski definition) is 1. The molecule has 0 spiro atoms. The van der Waals surface area contributed by atoms with E-state index in [1.165, 1.54) is 41.2 Å². The number of hydrogen-bond donors (Lipinski definition) is 0. The zero-order valence-corrected chi connectivity index (χ0v) is 11.2. The maximum Gasteiger partial charge on any atom is 0.162 e. The molecule has 0 radical (unpaired) electrons. The van der Waals surface area contributed by atoms with Gasteiger partial charge in [0.05, 0.1) is 7.11 Å². The third kappa shape index (κ3) is 1.99. The summed E-state index contributed by atoms with van der Waals surface area (Å²) in [6.07, 6.45) is 9.92. The van der Waals surface area contributed by atoms with Gasteiger partial charge in [0, 0.05) is 21.3 Å². The fourth-order valence-electron chi connectivity index (χ4n) is 2.78. The van der Waals surface area contributed by atoms with Gasteiger partial charge in [0.2, 0.25) is 0 Å². The second kappa shape index (κ2) is 4.77. The van der Waals surface area contributed by atoms with Crippen LogP contribution < -0.4 is 15.2 Å². The van der Waals surface area contributed by atoms with Crippen molar-refractivity contribution in [3.8, 4) is 5.75 Å². The van der Waals surface area contributed by atoms with Gasteiger partial charge in [-0.3, -0.25) is 0 Å². The molecular formula is C15H19OS+. The fraction of sp³-hybridized carbons (Fsp3) is 0.467. The van der Waals surface area contributed by atoms with Crippen LogP contribution in [0.3, 0.4) is 0 Å². The lowest BCUT2D eigenvalue weighted by molar-refractivity contribution is 0.410. The van der Waals surface area contributed by atoms with Crippen molar-refractivity contribution in [2.75, 3.05) is 18.6 Å². The average molecular weight is 247 g/mol. The minimum absolute atomic E-state index is 0.503. The van der Waals surface area contributed by atoms with E-state index >= 15 is 0 Å². The van der Waals surface area contributed by atoms with Gasteiger partial charge >= 0.3 is 0 Å². The molecule has 0 unspecified atom stereocenters. The number of benzene rings is 1. The van der Waals surface area contributed by atoms with Gasteiger partial charge < -0.3 is 4.74 Å². The van der Waals surface area contributed by atoms with Crippen LogP contribution in [0.5, 0.6) is 5.75 Å². The molecule has 0 bridgehead atoms. The van der Waals surface area contributed by atoms with E-state index in [4.69, 9.17) is 4.74 Å². The van der Waals surface area contributed by atoms with Crippen molar-refractivity contribution in [2.24, 2.45) is 0 Å². The van der Waals surface area contributed by atoms with Crippen LogP contribution in [0.4, 0.5) is 0 Å². The topological polar surface area (TPSA) is 9.23 Å². The zero-order chi connectivity index (χ0) is 11.7. The molecule has 1 nitrogen and oxygen atoms in total. The lowest BCUT2D eigenvalue weighted by atomic mass is 10.1. The Morgan fingerprint density at radius 3 is 2.41 bits per heavy atom. The molecule has 0 amide bonds. The highest BCUT2D eigenvalue weighted by molar-refractivity contribution is 7.97. The van der Waals surface area contributed by atoms with Gasteiger partial charge in [0.15, 0.2) is 4.90 Å². The van der Waals surface area contributed by atoms with Gasteiger partial charge in [0.1, 0.15) is 17.3 Å². The third-order valence-electron chi connectivity index (χ3n) is 3.63. The second-order valence-corrected chi connectivity index (χ2v) is 6.93. The predicted octanol–water partition coefficient (Wildman–Crippen LogP) is 1.82. The third-order valence-corrected chi connectivity index (χ3v) is 6.17. The summed E-state index contributed by atoms with van der Waals surface area (Å²) in [6.45, 7) is 0. The molecule has 1 aromatic carbocycles. The molecule has 1 aliphatic carbocycles. The maximum atomic E-state index is 5.48. The molecule has 1 heterocycles. The molecular weight excluding hydrogens is 228 g/mol. The molecule has 0 N–H and O–H groups in total. The van der Waals surface area contributed by atoms with Crippen molar-refractivity contribution in [3.63, 3.8) is 0 Å². The first kappa shape index (κ1) is 11.2. The Morgan fingerprint density at radius 2 is 1.71 bits per heavy atom. The summed E-state index contributed by atoms with van der Waals surface area (Å²) in [5.74, 6) is 3.83. The van der Waals surface area contributed by atoms with E-state index in [1.54, 1.807) is 12.0 Å². The van der Waals surface area contributed by atoms with Crippen LogP contribution in [-0.4, -0.2) is 18.6 Å². The molecule has 3 rings (SSSR count). The smallest absolute Gasteiger partial charge is 0.162 e. The summed E-state index contributed by atoms with van der Waals surface area (Å²) < 4.78 is 5.48. The van der Waals surface area contributed by atoms with Gasteiger partial charge in [0.25, 0.3) is 0 Å². The lowest BCUT2D eigenvalue weighted by Crippen LogP contribution is -2.33. The first-order chi connectivity index (χ1) is 8.40. The Kier molecular flexibility index (Phi) is 3.15. The minimum atomic E-state index is 0.503. The van der Waals surface area contributed by atoms with Crippen molar-refractivity contribution < 1.29 is 4.74 Å². The monoisotopic (exact) mass is 247 g/mol. The van der Waals surface area contributed by atoms with Crippen LogP contribution in [0.2, 0.25) is 0 Å². The van der Waals surface area contributed by atoms with Crippen LogP contribution in [-0.2, 0) is 10.9 Å². The molecule has 1 aliphatic heterocycles. The highest BCUT2D eigenvalue weighted by Gasteiger charge is 2.28. The van der Waals surface area contributed by atoms with Gasteiger partial charge in [-0.1, -0.05) is 12.2 Å². The first-order valence-electron chi connectivity index (χ1n) is 6.45. The standard InChI is InChI=1S/C15H19OS/c1-16-14-8-9-15(17-10-4-5-11-17)13-7-3-2-6-12(13)14/h6-9H,2-5,10-11H2,1H3/q+1. The maximum absolute atomic E-state index is 5.48. The molecule has 0 saturated carbocycles. The summed E-state index contributed by atoms with van der Waals surface area (Å²) in [5, 5.41) is 2.82. The van der Waals surface area contributed by atoms with Crippen molar-refractivity contribution in [3.05, 3.63) is 22.6 Å². The van der Waals surface area contributed by atoms with Crippen molar-refractivity contribution in [1.82, 2.24) is 0 Å². The Labute approximate surface area is 106 Å². The molecule has 2 aliphatic rings. The van der Waals surface area contributed by atoms with E-state index in [2.05, 4.69) is 24.3 Å². The predicted molar refractivity (Wildman–Crippen MR) is 75.0 cm³/mol. The SMILES string of the molecule is COc1ccc([S+]2CCCC2)c2c1=CCCC=2. The molecule has 0 aromatic heterocycles. The Hall–Kier alpha value is -0.890. The molecule has 1 aromatic rings. The van der Waals surface area contributed by atoms with E-state index in [0.717, 1.165) is 12.2 Å². The molecule has 1 saturated heterocycles. The van der Waals surface area contributed by atoms with Gasteiger partial charge in [-0.05, 0) is 37.8 Å². The van der Waals surface area contributed by atoms with E-state index in [1.807, 2.05) is 0 Å². The Morgan fingerprint density at radius 1 is 1.00 bits per heavy atom. The largest absolute Gasteiger partial charge is 0.496 e. The lowest BCUT2D eigenvalue weighted by Gasteiger charge is -2.09. The first-order valence-corrected chi connectivity index (χ1v) is 8.01. The molecule has 0 atom stereocenters. The Balaban J connectivity index is 2.18. The van der Waals surface area contributed by atoms with E-state index in [9.17, 15) is 0 Å². The number of fused-ring (bicyclic) bond motifs is 1. The van der Waals surface area contributed by atoms with E-state index in [0.29, 0.717) is 10.9 Å². The van der Waals surface area contributed by atoms with Crippen molar-refractivity contribution >= 4 is 23.0 Å². The van der Waals surface area contributed by atoms with Crippen LogP contribution in [0, 0.1) is 0 Å². The number of ether oxygens (including phenoxy) is 1. The Bertz CT molecular complexity index is 527. The van der Waals surface area contributed by atoms with Gasteiger partial charge in [-0.15, -0.1) is 0 Å². The molecule has 17 heavy (non-hydrogen) atoms. The van der Waals surface area contributed by atoms with Gasteiger partial charge in [-0.2, -0.15) is 0 Å². The molecule has 1 fully saturated rings. The second-order valence-electron chi connectivity index (χ2n) is 4.69. The van der Waals surface area contributed by atoms with Crippen LogP contribution >= 0.6 is 0 Å². The van der Waals surface area contributed by atoms with Crippen LogP contribution in [0.15, 0.2) is 17.0 Å². The minimum Gasteiger partial charge on any atom is -0.496 e. The molecule has 2 heteroatoms. The zero-order valence-electron chi connectivity index (χ0n) is 10.4. The van der Waals surface area contributed by atoms with Crippen LogP contribution in [0.1, 0.15) is 25.7 Å². The number of methoxy groups -OCH3 is 1. The normalized spacial score (nSPS) is 19.4. The quantitative estimate of drug-likeness (QED) is 0.724. The van der Waals surface area contributed by atoms with Gasteiger partial charge in [-0.25, -0.2) is 0 Å².